The lowest BCUT2D eigenvalue weighted by Crippen LogP contribution is -2.32. The lowest BCUT2D eigenvalue weighted by atomic mass is 10.2. The predicted molar refractivity (Wildman–Crippen MR) is 99.4 cm³/mol. The molecule has 0 aromatic heterocycles. The van der Waals surface area contributed by atoms with Crippen molar-refractivity contribution in [2.45, 2.75) is 26.5 Å². The third-order valence-electron chi connectivity index (χ3n) is 4.64. The molecule has 1 fully saturated rings. The molecule has 2 aromatic carbocycles. The van der Waals surface area contributed by atoms with E-state index in [9.17, 15) is 4.79 Å². The van der Waals surface area contributed by atoms with E-state index in [1.807, 2.05) is 42.2 Å². The number of nitrogens with zero attached hydrogens (tertiary/aromatic N) is 2. The maximum absolute atomic E-state index is 12.0. The molecule has 3 rings (SSSR count). The zero-order valence-electron chi connectivity index (χ0n) is 14.9. The van der Waals surface area contributed by atoms with E-state index in [-0.39, 0.29) is 5.91 Å². The Bertz CT molecular complexity index is 670. The van der Waals surface area contributed by atoms with E-state index in [0.29, 0.717) is 13.0 Å². The minimum atomic E-state index is 0.273. The molecule has 0 radical (unpaired) electrons. The first-order valence-corrected chi connectivity index (χ1v) is 9.00. The molecule has 0 atom stereocenters. The second-order valence-corrected chi connectivity index (χ2v) is 6.42. The summed E-state index contributed by atoms with van der Waals surface area (Å²) in [6.07, 6.45) is 0.617. The van der Waals surface area contributed by atoms with Gasteiger partial charge < -0.3 is 9.64 Å². The van der Waals surface area contributed by atoms with Gasteiger partial charge >= 0.3 is 0 Å². The van der Waals surface area contributed by atoms with E-state index >= 15 is 0 Å². The Labute approximate surface area is 150 Å². The Hall–Kier alpha value is -2.33. The van der Waals surface area contributed by atoms with Gasteiger partial charge in [-0.05, 0) is 30.2 Å². The van der Waals surface area contributed by atoms with Crippen LogP contribution in [0, 0.1) is 0 Å². The summed E-state index contributed by atoms with van der Waals surface area (Å²) in [6.45, 7) is 6.91. The number of hydrogen-bond acceptors (Lipinski definition) is 3. The zero-order chi connectivity index (χ0) is 17.5. The highest BCUT2D eigenvalue weighted by atomic mass is 16.5. The molecule has 0 bridgehead atoms. The zero-order valence-corrected chi connectivity index (χ0v) is 14.9. The minimum absolute atomic E-state index is 0.273. The maximum Gasteiger partial charge on any atom is 0.223 e. The molecule has 4 heteroatoms. The molecule has 0 saturated carbocycles. The highest BCUT2D eigenvalue weighted by molar-refractivity contribution is 5.76. The fourth-order valence-electron chi connectivity index (χ4n) is 3.09. The summed E-state index contributed by atoms with van der Waals surface area (Å²) in [5.74, 6) is 1.16. The number of likely N-dealkylation sites (N-methyl/N-ethyl adjacent to an activating group) is 1. The smallest absolute Gasteiger partial charge is 0.223 e. The molecule has 1 aliphatic rings. The normalized spacial score (nSPS) is 15.9. The fraction of sp³-hybridized carbons (Fsp3) is 0.381. The van der Waals surface area contributed by atoms with E-state index in [1.165, 1.54) is 11.1 Å². The second-order valence-electron chi connectivity index (χ2n) is 6.42. The monoisotopic (exact) mass is 338 g/mol. The lowest BCUT2D eigenvalue weighted by molar-refractivity contribution is -0.130. The number of hydrogen-bond donors (Lipinski definition) is 0. The SMILES string of the molecule is CCN1CCN(Cc2ccc(OCc3ccccc3)cc2)CCC1=O. The lowest BCUT2D eigenvalue weighted by Gasteiger charge is -2.21. The van der Waals surface area contributed by atoms with Crippen molar-refractivity contribution >= 4 is 5.91 Å². The number of amides is 1. The predicted octanol–water partition coefficient (Wildman–Crippen LogP) is 3.32. The molecular weight excluding hydrogens is 312 g/mol. The van der Waals surface area contributed by atoms with Gasteiger partial charge in [-0.1, -0.05) is 42.5 Å². The van der Waals surface area contributed by atoms with E-state index in [4.69, 9.17) is 4.74 Å². The first kappa shape index (κ1) is 17.5. The van der Waals surface area contributed by atoms with Crippen LogP contribution in [0.3, 0.4) is 0 Å². The van der Waals surface area contributed by atoms with Crippen molar-refractivity contribution in [3.8, 4) is 5.75 Å². The van der Waals surface area contributed by atoms with E-state index in [2.05, 4.69) is 29.2 Å². The third kappa shape index (κ3) is 5.07. The third-order valence-corrected chi connectivity index (χ3v) is 4.64. The van der Waals surface area contributed by atoms with Gasteiger partial charge in [-0.15, -0.1) is 0 Å². The topological polar surface area (TPSA) is 32.8 Å². The van der Waals surface area contributed by atoms with Crippen LogP contribution in [0.15, 0.2) is 54.6 Å². The standard InChI is InChI=1S/C21H26N2O2/c1-2-23-15-14-22(13-12-21(23)24)16-18-8-10-20(11-9-18)25-17-19-6-4-3-5-7-19/h3-11H,2,12-17H2,1H3. The Morgan fingerprint density at radius 2 is 1.68 bits per heavy atom. The Kier molecular flexibility index (Phi) is 6.07. The van der Waals surface area contributed by atoms with Crippen molar-refractivity contribution in [2.24, 2.45) is 0 Å². The van der Waals surface area contributed by atoms with Crippen molar-refractivity contribution in [2.75, 3.05) is 26.2 Å². The number of carbonyl (C=O) groups is 1. The van der Waals surface area contributed by atoms with Crippen LogP contribution < -0.4 is 4.74 Å². The second kappa shape index (κ2) is 8.67. The summed E-state index contributed by atoms with van der Waals surface area (Å²) in [4.78, 5) is 16.3. The van der Waals surface area contributed by atoms with Gasteiger partial charge in [0.05, 0.1) is 0 Å². The number of ether oxygens (including phenoxy) is 1. The molecule has 0 spiro atoms. The average Bonchev–Trinajstić information content (AvgIpc) is 2.83. The molecule has 0 aliphatic carbocycles. The van der Waals surface area contributed by atoms with Gasteiger partial charge in [0.25, 0.3) is 0 Å². The Balaban J connectivity index is 1.51. The van der Waals surface area contributed by atoms with Crippen molar-refractivity contribution < 1.29 is 9.53 Å². The van der Waals surface area contributed by atoms with E-state index in [0.717, 1.165) is 38.5 Å². The summed E-state index contributed by atoms with van der Waals surface area (Å²) in [7, 11) is 0. The number of carbonyl (C=O) groups excluding carboxylic acids is 1. The molecular formula is C21H26N2O2. The van der Waals surface area contributed by atoms with Crippen LogP contribution >= 0.6 is 0 Å². The Morgan fingerprint density at radius 1 is 0.920 bits per heavy atom. The molecule has 1 heterocycles. The molecule has 2 aromatic rings. The van der Waals surface area contributed by atoms with Crippen LogP contribution in [0.1, 0.15) is 24.5 Å². The van der Waals surface area contributed by atoms with Gasteiger partial charge in [0.1, 0.15) is 12.4 Å². The van der Waals surface area contributed by atoms with E-state index in [1.54, 1.807) is 0 Å². The van der Waals surface area contributed by atoms with Gasteiger partial charge in [0, 0.05) is 39.1 Å². The molecule has 0 N–H and O–H groups in total. The van der Waals surface area contributed by atoms with Crippen LogP contribution in [-0.2, 0) is 17.9 Å². The van der Waals surface area contributed by atoms with Crippen LogP contribution in [-0.4, -0.2) is 41.9 Å². The Morgan fingerprint density at radius 3 is 2.40 bits per heavy atom. The molecule has 1 amide bonds. The molecule has 0 unspecified atom stereocenters. The number of benzene rings is 2. The molecule has 25 heavy (non-hydrogen) atoms. The highest BCUT2D eigenvalue weighted by Gasteiger charge is 2.19. The highest BCUT2D eigenvalue weighted by Crippen LogP contribution is 2.16. The van der Waals surface area contributed by atoms with Crippen LogP contribution in [0.25, 0.3) is 0 Å². The summed E-state index contributed by atoms with van der Waals surface area (Å²) < 4.78 is 5.83. The molecule has 1 saturated heterocycles. The summed E-state index contributed by atoms with van der Waals surface area (Å²) in [6, 6.07) is 18.5. The van der Waals surface area contributed by atoms with Crippen LogP contribution in [0.5, 0.6) is 5.75 Å². The summed E-state index contributed by atoms with van der Waals surface area (Å²) >= 11 is 0. The van der Waals surface area contributed by atoms with Gasteiger partial charge in [-0.3, -0.25) is 9.69 Å². The molecule has 4 nitrogen and oxygen atoms in total. The van der Waals surface area contributed by atoms with E-state index < -0.39 is 0 Å². The minimum Gasteiger partial charge on any atom is -0.489 e. The quantitative estimate of drug-likeness (QED) is 0.810. The molecule has 1 aliphatic heterocycles. The summed E-state index contributed by atoms with van der Waals surface area (Å²) in [5.41, 5.74) is 2.42. The van der Waals surface area contributed by atoms with Crippen molar-refractivity contribution in [1.82, 2.24) is 9.80 Å². The largest absolute Gasteiger partial charge is 0.489 e. The first-order valence-electron chi connectivity index (χ1n) is 9.00. The van der Waals surface area contributed by atoms with Crippen molar-refractivity contribution in [3.05, 3.63) is 65.7 Å². The molecule has 132 valence electrons. The number of rotatable bonds is 6. The van der Waals surface area contributed by atoms with Crippen LogP contribution in [0.4, 0.5) is 0 Å². The van der Waals surface area contributed by atoms with Gasteiger partial charge in [0.2, 0.25) is 5.91 Å². The van der Waals surface area contributed by atoms with Gasteiger partial charge in [-0.25, -0.2) is 0 Å². The average molecular weight is 338 g/mol. The van der Waals surface area contributed by atoms with Gasteiger partial charge in [0.15, 0.2) is 0 Å². The fourth-order valence-corrected chi connectivity index (χ4v) is 3.09. The van der Waals surface area contributed by atoms with Crippen LogP contribution in [0.2, 0.25) is 0 Å². The van der Waals surface area contributed by atoms with Gasteiger partial charge in [-0.2, -0.15) is 0 Å². The maximum atomic E-state index is 12.0. The first-order chi connectivity index (χ1) is 12.2. The van der Waals surface area contributed by atoms with Crippen molar-refractivity contribution in [1.29, 1.82) is 0 Å². The van der Waals surface area contributed by atoms with Crippen molar-refractivity contribution in [3.63, 3.8) is 0 Å². The summed E-state index contributed by atoms with van der Waals surface area (Å²) in [5, 5.41) is 0.